The summed E-state index contributed by atoms with van der Waals surface area (Å²) in [7, 11) is 0. The second-order valence-electron chi connectivity index (χ2n) is 5.51. The van der Waals surface area contributed by atoms with E-state index in [1.807, 2.05) is 18.2 Å². The Balaban J connectivity index is 0.00000176. The smallest absolute Gasteiger partial charge is 0.157 e. The van der Waals surface area contributed by atoms with Gasteiger partial charge in [-0.2, -0.15) is 0 Å². The molecule has 2 aromatic carbocycles. The van der Waals surface area contributed by atoms with Gasteiger partial charge < -0.3 is 20.6 Å². The van der Waals surface area contributed by atoms with Crippen LogP contribution in [0.1, 0.15) is 36.1 Å². The zero-order valence-corrected chi connectivity index (χ0v) is 12.8. The van der Waals surface area contributed by atoms with E-state index in [9.17, 15) is 15.3 Å². The Labute approximate surface area is 135 Å². The van der Waals surface area contributed by atoms with Crippen LogP contribution in [0, 0.1) is 0 Å². The van der Waals surface area contributed by atoms with Gasteiger partial charge in [0.25, 0.3) is 0 Å². The van der Waals surface area contributed by atoms with E-state index in [4.69, 9.17) is 0 Å². The molecule has 0 saturated carbocycles. The second-order valence-corrected chi connectivity index (χ2v) is 5.51. The number of hydrogen-bond donors (Lipinski definition) is 4. The largest absolute Gasteiger partial charge is 0.504 e. The maximum Gasteiger partial charge on any atom is 0.157 e. The first kappa shape index (κ1) is 16.6. The molecule has 1 aliphatic heterocycles. The summed E-state index contributed by atoms with van der Waals surface area (Å²) in [5.74, 6) is -0.378. The number of aromatic hydroxyl groups is 2. The van der Waals surface area contributed by atoms with Crippen molar-refractivity contribution in [3.8, 4) is 11.5 Å². The molecule has 1 fully saturated rings. The zero-order chi connectivity index (χ0) is 14.8. The van der Waals surface area contributed by atoms with Crippen LogP contribution < -0.4 is 5.32 Å². The number of hydrogen-bond acceptors (Lipinski definition) is 4. The third-order valence-electron chi connectivity index (χ3n) is 4.11. The Hall–Kier alpha value is -1.75. The van der Waals surface area contributed by atoms with Gasteiger partial charge in [-0.05, 0) is 36.1 Å². The number of nitrogens with one attached hydrogen (secondary N) is 1. The van der Waals surface area contributed by atoms with Gasteiger partial charge in [0.05, 0.1) is 6.10 Å². The van der Waals surface area contributed by atoms with E-state index in [1.165, 1.54) is 17.7 Å². The first-order valence-corrected chi connectivity index (χ1v) is 7.16. The average Bonchev–Trinajstić information content (AvgIpc) is 3.00. The molecule has 22 heavy (non-hydrogen) atoms. The number of halogens is 1. The molecule has 0 aliphatic carbocycles. The molecule has 0 radical (unpaired) electrons. The van der Waals surface area contributed by atoms with E-state index >= 15 is 0 Å². The minimum atomic E-state index is -0.704. The molecule has 0 aromatic heterocycles. The normalized spacial score (nSPS) is 22.0. The van der Waals surface area contributed by atoms with Crippen molar-refractivity contribution in [2.45, 2.75) is 31.0 Å². The van der Waals surface area contributed by atoms with Crippen molar-refractivity contribution in [2.75, 3.05) is 0 Å². The molecule has 5 heteroatoms. The zero-order valence-electron chi connectivity index (χ0n) is 12.0. The Morgan fingerprint density at radius 3 is 2.36 bits per heavy atom. The quantitative estimate of drug-likeness (QED) is 0.656. The highest BCUT2D eigenvalue weighted by molar-refractivity contribution is 5.85. The van der Waals surface area contributed by atoms with Gasteiger partial charge >= 0.3 is 0 Å². The standard InChI is InChI=1S/C17H19NO3.ClH/c19-15-9-6-12(10-16(15)20)17(21)14-8-7-13(18-14)11-4-2-1-3-5-11;/h1-6,9-10,13-14,17-21H,7-8H2;1H. The van der Waals surface area contributed by atoms with Crippen molar-refractivity contribution in [3.63, 3.8) is 0 Å². The van der Waals surface area contributed by atoms with E-state index in [-0.39, 0.29) is 36.0 Å². The van der Waals surface area contributed by atoms with Gasteiger partial charge in [0.15, 0.2) is 11.5 Å². The minimum absolute atomic E-state index is 0. The van der Waals surface area contributed by atoms with Crippen molar-refractivity contribution in [2.24, 2.45) is 0 Å². The van der Waals surface area contributed by atoms with Crippen LogP contribution in [0.4, 0.5) is 0 Å². The first-order chi connectivity index (χ1) is 10.1. The second kappa shape index (κ2) is 7.01. The van der Waals surface area contributed by atoms with Crippen LogP contribution in [-0.2, 0) is 0 Å². The molecule has 3 unspecified atom stereocenters. The summed E-state index contributed by atoms with van der Waals surface area (Å²) in [6, 6.07) is 14.8. The highest BCUT2D eigenvalue weighted by Crippen LogP contribution is 2.34. The number of aliphatic hydroxyl groups excluding tert-OH is 1. The molecule has 3 rings (SSSR count). The van der Waals surface area contributed by atoms with Crippen LogP contribution in [0.2, 0.25) is 0 Å². The summed E-state index contributed by atoms with van der Waals surface area (Å²) in [6.45, 7) is 0. The van der Waals surface area contributed by atoms with E-state index in [0.29, 0.717) is 5.56 Å². The van der Waals surface area contributed by atoms with Gasteiger partial charge in [0.1, 0.15) is 0 Å². The number of aliphatic hydroxyl groups is 1. The number of benzene rings is 2. The average molecular weight is 322 g/mol. The highest BCUT2D eigenvalue weighted by Gasteiger charge is 2.30. The molecule has 4 nitrogen and oxygen atoms in total. The van der Waals surface area contributed by atoms with Crippen molar-refractivity contribution in [1.82, 2.24) is 5.32 Å². The fourth-order valence-electron chi connectivity index (χ4n) is 2.93. The predicted octanol–water partition coefficient (Wildman–Crippen LogP) is 3.05. The Kier molecular flexibility index (Phi) is 5.29. The molecule has 0 amide bonds. The molecule has 1 heterocycles. The molecule has 1 saturated heterocycles. The summed E-state index contributed by atoms with van der Waals surface area (Å²) in [5.41, 5.74) is 1.83. The van der Waals surface area contributed by atoms with Gasteiger partial charge in [-0.15, -0.1) is 12.4 Å². The van der Waals surface area contributed by atoms with Gasteiger partial charge in [-0.3, -0.25) is 0 Å². The van der Waals surface area contributed by atoms with Crippen LogP contribution in [-0.4, -0.2) is 21.4 Å². The van der Waals surface area contributed by atoms with Gasteiger partial charge in [0, 0.05) is 12.1 Å². The molecule has 0 bridgehead atoms. The van der Waals surface area contributed by atoms with Crippen LogP contribution >= 0.6 is 12.4 Å². The number of phenols is 2. The maximum atomic E-state index is 10.4. The monoisotopic (exact) mass is 321 g/mol. The van der Waals surface area contributed by atoms with E-state index in [1.54, 1.807) is 6.07 Å². The minimum Gasteiger partial charge on any atom is -0.504 e. The highest BCUT2D eigenvalue weighted by atomic mass is 35.5. The molecule has 118 valence electrons. The SMILES string of the molecule is Cl.Oc1ccc(C(O)C2CCC(c3ccccc3)N2)cc1O. The Morgan fingerprint density at radius 2 is 1.68 bits per heavy atom. The summed E-state index contributed by atoms with van der Waals surface area (Å²) in [4.78, 5) is 0. The molecular weight excluding hydrogens is 302 g/mol. The van der Waals surface area contributed by atoms with Crippen LogP contribution in [0.3, 0.4) is 0 Å². The Bertz CT molecular complexity index is 621. The van der Waals surface area contributed by atoms with E-state index in [2.05, 4.69) is 17.4 Å². The number of phenolic OH excluding ortho intramolecular Hbond substituents is 2. The van der Waals surface area contributed by atoms with E-state index in [0.717, 1.165) is 12.8 Å². The fraction of sp³-hybridized carbons (Fsp3) is 0.294. The van der Waals surface area contributed by atoms with Gasteiger partial charge in [-0.25, -0.2) is 0 Å². The van der Waals surface area contributed by atoms with Crippen LogP contribution in [0.5, 0.6) is 11.5 Å². The molecule has 3 atom stereocenters. The van der Waals surface area contributed by atoms with Gasteiger partial charge in [0.2, 0.25) is 0 Å². The molecule has 2 aromatic rings. The lowest BCUT2D eigenvalue weighted by Crippen LogP contribution is -2.30. The molecular formula is C17H20ClNO3. The van der Waals surface area contributed by atoms with Crippen LogP contribution in [0.15, 0.2) is 48.5 Å². The lowest BCUT2D eigenvalue weighted by atomic mass is 10.0. The Morgan fingerprint density at radius 1 is 0.955 bits per heavy atom. The maximum absolute atomic E-state index is 10.4. The summed E-state index contributed by atoms with van der Waals surface area (Å²) < 4.78 is 0. The molecule has 4 N–H and O–H groups in total. The third kappa shape index (κ3) is 3.35. The summed E-state index contributed by atoms with van der Waals surface area (Å²) >= 11 is 0. The lowest BCUT2D eigenvalue weighted by Gasteiger charge is -2.21. The molecule has 1 aliphatic rings. The van der Waals surface area contributed by atoms with Crippen molar-refractivity contribution < 1.29 is 15.3 Å². The number of rotatable bonds is 3. The third-order valence-corrected chi connectivity index (χ3v) is 4.11. The van der Waals surface area contributed by atoms with Crippen molar-refractivity contribution in [1.29, 1.82) is 0 Å². The fourth-order valence-corrected chi connectivity index (χ4v) is 2.93. The summed E-state index contributed by atoms with van der Waals surface area (Å²) in [6.07, 6.45) is 1.13. The van der Waals surface area contributed by atoms with Crippen LogP contribution in [0.25, 0.3) is 0 Å². The predicted molar refractivity (Wildman–Crippen MR) is 87.3 cm³/mol. The molecule has 0 spiro atoms. The van der Waals surface area contributed by atoms with E-state index < -0.39 is 6.10 Å². The lowest BCUT2D eigenvalue weighted by molar-refractivity contribution is 0.135. The van der Waals surface area contributed by atoms with Crippen molar-refractivity contribution >= 4 is 12.4 Å². The first-order valence-electron chi connectivity index (χ1n) is 7.16. The van der Waals surface area contributed by atoms with Crippen molar-refractivity contribution in [3.05, 3.63) is 59.7 Å². The van der Waals surface area contributed by atoms with Gasteiger partial charge in [-0.1, -0.05) is 36.4 Å². The summed E-state index contributed by atoms with van der Waals surface area (Å²) in [5, 5.41) is 32.8. The topological polar surface area (TPSA) is 72.7 Å².